The molecule has 1 aliphatic rings. The summed E-state index contributed by atoms with van der Waals surface area (Å²) in [4.78, 5) is 0.307. The number of H-pyrrole nitrogens is 1. The Morgan fingerprint density at radius 3 is 2.76 bits per heavy atom. The van der Waals surface area contributed by atoms with Crippen molar-refractivity contribution in [1.82, 2.24) is 10.2 Å². The van der Waals surface area contributed by atoms with Crippen LogP contribution in [0.1, 0.15) is 5.69 Å². The number of aromatic amines is 1. The molecule has 0 radical (unpaired) electrons. The van der Waals surface area contributed by atoms with Gasteiger partial charge in [0, 0.05) is 12.6 Å². The number of hydrogen-bond acceptors (Lipinski definition) is 3. The van der Waals surface area contributed by atoms with E-state index in [0.717, 1.165) is 5.69 Å². The van der Waals surface area contributed by atoms with Crippen LogP contribution in [0.2, 0.25) is 0 Å². The lowest BCUT2D eigenvalue weighted by atomic mass is 10.1. The molecule has 0 spiro atoms. The van der Waals surface area contributed by atoms with Crippen LogP contribution in [0.5, 0.6) is 0 Å². The predicted molar refractivity (Wildman–Crippen MR) is 64.3 cm³/mol. The van der Waals surface area contributed by atoms with Crippen molar-refractivity contribution in [2.75, 3.05) is 11.4 Å². The van der Waals surface area contributed by atoms with E-state index in [0.29, 0.717) is 21.8 Å². The third-order valence-electron chi connectivity index (χ3n) is 3.01. The SMILES string of the molecule is Cc1[nH]nc2c1N(C)S(=O)(=O)c1ccccc1-2. The van der Waals surface area contributed by atoms with E-state index in [1.165, 1.54) is 4.31 Å². The highest BCUT2D eigenvalue weighted by molar-refractivity contribution is 7.93. The second-order valence-electron chi connectivity index (χ2n) is 4.01. The number of benzene rings is 1. The van der Waals surface area contributed by atoms with Crippen LogP contribution in [0, 0.1) is 6.92 Å². The van der Waals surface area contributed by atoms with Crippen molar-refractivity contribution in [3.8, 4) is 11.3 Å². The summed E-state index contributed by atoms with van der Waals surface area (Å²) in [5, 5.41) is 7.01. The summed E-state index contributed by atoms with van der Waals surface area (Å²) in [6, 6.07) is 6.91. The number of hydrogen-bond donors (Lipinski definition) is 1. The van der Waals surface area contributed by atoms with Gasteiger partial charge < -0.3 is 0 Å². The molecular formula is C11H11N3O2S. The van der Waals surface area contributed by atoms with Gasteiger partial charge in [-0.05, 0) is 13.0 Å². The molecule has 1 aliphatic heterocycles. The van der Waals surface area contributed by atoms with Gasteiger partial charge in [0.25, 0.3) is 10.0 Å². The first kappa shape index (κ1) is 10.3. The normalized spacial score (nSPS) is 16.5. The first-order valence-corrected chi connectivity index (χ1v) is 6.61. The molecule has 1 N–H and O–H groups in total. The molecule has 0 amide bonds. The highest BCUT2D eigenvalue weighted by Crippen LogP contribution is 2.42. The number of rotatable bonds is 0. The van der Waals surface area contributed by atoms with Crippen LogP contribution in [-0.2, 0) is 10.0 Å². The Hall–Kier alpha value is -1.82. The van der Waals surface area contributed by atoms with E-state index in [2.05, 4.69) is 10.2 Å². The zero-order valence-corrected chi connectivity index (χ0v) is 10.2. The van der Waals surface area contributed by atoms with Gasteiger partial charge >= 0.3 is 0 Å². The van der Waals surface area contributed by atoms with Gasteiger partial charge in [0.15, 0.2) is 0 Å². The van der Waals surface area contributed by atoms with Crippen molar-refractivity contribution in [3.63, 3.8) is 0 Å². The van der Waals surface area contributed by atoms with Gasteiger partial charge in [0.1, 0.15) is 11.4 Å². The summed E-state index contributed by atoms with van der Waals surface area (Å²) in [5.41, 5.74) is 2.73. The number of nitrogens with one attached hydrogen (secondary N) is 1. The van der Waals surface area contributed by atoms with Gasteiger partial charge in [-0.15, -0.1) is 0 Å². The second-order valence-corrected chi connectivity index (χ2v) is 5.95. The molecule has 0 bridgehead atoms. The van der Waals surface area contributed by atoms with Crippen molar-refractivity contribution >= 4 is 15.7 Å². The van der Waals surface area contributed by atoms with E-state index in [1.54, 1.807) is 25.2 Å². The van der Waals surface area contributed by atoms with E-state index in [-0.39, 0.29) is 0 Å². The highest BCUT2D eigenvalue weighted by atomic mass is 32.2. The molecule has 0 fully saturated rings. The maximum Gasteiger partial charge on any atom is 0.264 e. The molecule has 2 aromatic rings. The lowest BCUT2D eigenvalue weighted by Gasteiger charge is -2.26. The molecule has 1 aromatic heterocycles. The lowest BCUT2D eigenvalue weighted by Crippen LogP contribution is -2.30. The molecule has 0 saturated carbocycles. The van der Waals surface area contributed by atoms with Crippen LogP contribution in [0.4, 0.5) is 5.69 Å². The monoisotopic (exact) mass is 249 g/mol. The molecule has 3 rings (SSSR count). The number of fused-ring (bicyclic) bond motifs is 3. The van der Waals surface area contributed by atoms with Crippen molar-refractivity contribution in [3.05, 3.63) is 30.0 Å². The Labute approximate surface area is 99.1 Å². The van der Waals surface area contributed by atoms with Crippen LogP contribution in [0.15, 0.2) is 29.2 Å². The lowest BCUT2D eigenvalue weighted by molar-refractivity contribution is 0.594. The van der Waals surface area contributed by atoms with Gasteiger partial charge in [-0.2, -0.15) is 5.10 Å². The van der Waals surface area contributed by atoms with Crippen molar-refractivity contribution in [2.45, 2.75) is 11.8 Å². The number of sulfonamides is 1. The van der Waals surface area contributed by atoms with E-state index in [9.17, 15) is 8.42 Å². The Morgan fingerprint density at radius 1 is 1.29 bits per heavy atom. The summed E-state index contributed by atoms with van der Waals surface area (Å²) in [6.45, 7) is 1.81. The van der Waals surface area contributed by atoms with E-state index >= 15 is 0 Å². The summed E-state index contributed by atoms with van der Waals surface area (Å²) in [7, 11) is -1.90. The van der Waals surface area contributed by atoms with Crippen LogP contribution in [-0.4, -0.2) is 25.7 Å². The summed E-state index contributed by atoms with van der Waals surface area (Å²) < 4.78 is 25.9. The van der Waals surface area contributed by atoms with Crippen molar-refractivity contribution in [2.24, 2.45) is 0 Å². The fourth-order valence-corrected chi connectivity index (χ4v) is 3.60. The van der Waals surface area contributed by atoms with E-state index in [4.69, 9.17) is 0 Å². The molecule has 1 aromatic carbocycles. The molecule has 0 aliphatic carbocycles. The van der Waals surface area contributed by atoms with Gasteiger partial charge in [-0.3, -0.25) is 9.40 Å². The smallest absolute Gasteiger partial charge is 0.264 e. The van der Waals surface area contributed by atoms with Crippen LogP contribution in [0.25, 0.3) is 11.3 Å². The van der Waals surface area contributed by atoms with Gasteiger partial charge in [0.2, 0.25) is 0 Å². The molecule has 88 valence electrons. The third kappa shape index (κ3) is 1.18. The number of anilines is 1. The average molecular weight is 249 g/mol. The Kier molecular flexibility index (Phi) is 1.89. The maximum absolute atomic E-state index is 12.3. The average Bonchev–Trinajstić information content (AvgIpc) is 2.69. The van der Waals surface area contributed by atoms with Crippen LogP contribution in [0.3, 0.4) is 0 Å². The van der Waals surface area contributed by atoms with Gasteiger partial charge in [-0.1, -0.05) is 18.2 Å². The maximum atomic E-state index is 12.3. The van der Waals surface area contributed by atoms with Crippen LogP contribution < -0.4 is 4.31 Å². The molecule has 0 unspecified atom stereocenters. The second kappa shape index (κ2) is 3.10. The number of nitrogens with zero attached hydrogens (tertiary/aromatic N) is 2. The molecule has 17 heavy (non-hydrogen) atoms. The largest absolute Gasteiger partial charge is 0.280 e. The molecular weight excluding hydrogens is 238 g/mol. The van der Waals surface area contributed by atoms with Gasteiger partial charge in [0.05, 0.1) is 10.6 Å². The highest BCUT2D eigenvalue weighted by Gasteiger charge is 2.35. The fraction of sp³-hybridized carbons (Fsp3) is 0.182. The quantitative estimate of drug-likeness (QED) is 0.770. The first-order valence-electron chi connectivity index (χ1n) is 5.17. The standard InChI is InChI=1S/C11H11N3O2S/c1-7-11-10(13-12-7)8-5-3-4-6-9(8)17(15,16)14(11)2/h3-6H,1-2H3,(H,12,13). The number of aromatic nitrogens is 2. The Bertz CT molecular complexity index is 703. The molecule has 2 heterocycles. The van der Waals surface area contributed by atoms with Gasteiger partial charge in [-0.25, -0.2) is 8.42 Å². The summed E-state index contributed by atoms with van der Waals surface area (Å²) in [6.07, 6.45) is 0. The minimum Gasteiger partial charge on any atom is -0.280 e. The van der Waals surface area contributed by atoms with E-state index < -0.39 is 10.0 Å². The van der Waals surface area contributed by atoms with Crippen molar-refractivity contribution in [1.29, 1.82) is 0 Å². The molecule has 5 nitrogen and oxygen atoms in total. The first-order chi connectivity index (χ1) is 8.03. The Balaban J connectivity index is 2.47. The zero-order chi connectivity index (χ0) is 12.2. The molecule has 0 atom stereocenters. The zero-order valence-electron chi connectivity index (χ0n) is 9.43. The van der Waals surface area contributed by atoms with Crippen LogP contribution >= 0.6 is 0 Å². The minimum absolute atomic E-state index is 0.307. The summed E-state index contributed by atoms with van der Waals surface area (Å²) >= 11 is 0. The molecule has 0 saturated heterocycles. The van der Waals surface area contributed by atoms with E-state index in [1.807, 2.05) is 13.0 Å². The Morgan fingerprint density at radius 2 is 2.00 bits per heavy atom. The number of aryl methyl sites for hydroxylation is 1. The minimum atomic E-state index is -3.45. The fourth-order valence-electron chi connectivity index (χ4n) is 2.15. The third-order valence-corrected chi connectivity index (χ3v) is 4.83. The topological polar surface area (TPSA) is 66.1 Å². The molecule has 6 heteroatoms. The summed E-state index contributed by atoms with van der Waals surface area (Å²) in [5.74, 6) is 0. The van der Waals surface area contributed by atoms with Crippen molar-refractivity contribution < 1.29 is 8.42 Å². The predicted octanol–water partition coefficient (Wildman–Crippen LogP) is 1.52.